The van der Waals surface area contributed by atoms with Crippen molar-refractivity contribution >= 4 is 22.0 Å². The zero-order chi connectivity index (χ0) is 15.3. The van der Waals surface area contributed by atoms with Gasteiger partial charge >= 0.3 is 12.7 Å². The van der Waals surface area contributed by atoms with Crippen LogP contribution in [0.3, 0.4) is 0 Å². The van der Waals surface area contributed by atoms with Crippen molar-refractivity contribution in [2.75, 3.05) is 0 Å². The molecular formula is C13H16BrF2NO3. The standard InChI is InChI=1S/C13H16BrF2NO3/c1-13(2,3)20-12(18)17-7-8-4-5-9(14)6-10(8)19-11(15)16/h4-6,11H,7H2,1-3H3,(H,17,18). The zero-order valence-electron chi connectivity index (χ0n) is 11.4. The summed E-state index contributed by atoms with van der Waals surface area (Å²) in [7, 11) is 0. The van der Waals surface area contributed by atoms with Gasteiger partial charge in [-0.25, -0.2) is 4.79 Å². The summed E-state index contributed by atoms with van der Waals surface area (Å²) in [5.41, 5.74) is -0.189. The Morgan fingerprint density at radius 3 is 2.60 bits per heavy atom. The van der Waals surface area contributed by atoms with Crippen LogP contribution in [0.2, 0.25) is 0 Å². The Bertz CT molecular complexity index is 475. The fraction of sp³-hybridized carbons (Fsp3) is 0.462. The van der Waals surface area contributed by atoms with E-state index in [1.165, 1.54) is 6.07 Å². The number of rotatable bonds is 4. The van der Waals surface area contributed by atoms with Crippen molar-refractivity contribution in [3.8, 4) is 5.75 Å². The molecule has 1 aromatic rings. The van der Waals surface area contributed by atoms with E-state index in [1.54, 1.807) is 32.9 Å². The maximum atomic E-state index is 12.3. The van der Waals surface area contributed by atoms with E-state index in [0.29, 0.717) is 10.0 Å². The molecule has 0 bridgehead atoms. The third kappa shape index (κ3) is 6.18. The lowest BCUT2D eigenvalue weighted by atomic mass is 10.2. The maximum Gasteiger partial charge on any atom is 0.407 e. The number of nitrogens with one attached hydrogen (secondary N) is 1. The first kappa shape index (κ1) is 16.7. The number of carbonyl (C=O) groups is 1. The molecule has 0 aliphatic carbocycles. The first-order valence-electron chi connectivity index (χ1n) is 5.87. The van der Waals surface area contributed by atoms with E-state index in [9.17, 15) is 13.6 Å². The summed E-state index contributed by atoms with van der Waals surface area (Å²) in [6, 6.07) is 4.67. The second-order valence-electron chi connectivity index (χ2n) is 4.99. The molecule has 0 unspecified atom stereocenters. The van der Waals surface area contributed by atoms with Crippen LogP contribution < -0.4 is 10.1 Å². The summed E-state index contributed by atoms with van der Waals surface area (Å²) in [6.07, 6.45) is -0.622. The molecule has 0 spiro atoms. The van der Waals surface area contributed by atoms with Crippen LogP contribution in [0.4, 0.5) is 13.6 Å². The van der Waals surface area contributed by atoms with Gasteiger partial charge in [0.15, 0.2) is 0 Å². The van der Waals surface area contributed by atoms with Gasteiger partial charge in [-0.2, -0.15) is 8.78 Å². The number of alkyl halides is 2. The largest absolute Gasteiger partial charge is 0.444 e. The van der Waals surface area contributed by atoms with Crippen LogP contribution in [0.5, 0.6) is 5.75 Å². The first-order chi connectivity index (χ1) is 9.17. The highest BCUT2D eigenvalue weighted by atomic mass is 79.9. The van der Waals surface area contributed by atoms with E-state index < -0.39 is 18.3 Å². The summed E-state index contributed by atoms with van der Waals surface area (Å²) in [5.74, 6) is 0.00503. The van der Waals surface area contributed by atoms with Crippen LogP contribution >= 0.6 is 15.9 Å². The Kier molecular flexibility index (Phi) is 5.74. The Hall–Kier alpha value is -1.37. The van der Waals surface area contributed by atoms with Gasteiger partial charge in [0.25, 0.3) is 0 Å². The van der Waals surface area contributed by atoms with Crippen LogP contribution in [-0.2, 0) is 11.3 Å². The lowest BCUT2D eigenvalue weighted by Crippen LogP contribution is -2.32. The molecule has 1 amide bonds. The number of hydrogen-bond acceptors (Lipinski definition) is 3. The SMILES string of the molecule is CC(C)(C)OC(=O)NCc1ccc(Br)cc1OC(F)F. The van der Waals surface area contributed by atoms with Gasteiger partial charge in [-0.1, -0.05) is 22.0 Å². The molecule has 112 valence electrons. The van der Waals surface area contributed by atoms with Crippen molar-refractivity contribution in [3.63, 3.8) is 0 Å². The molecule has 20 heavy (non-hydrogen) atoms. The highest BCUT2D eigenvalue weighted by molar-refractivity contribution is 9.10. The molecule has 0 aromatic heterocycles. The van der Waals surface area contributed by atoms with E-state index >= 15 is 0 Å². The van der Waals surface area contributed by atoms with Crippen molar-refractivity contribution in [2.24, 2.45) is 0 Å². The summed E-state index contributed by atoms with van der Waals surface area (Å²) in [5, 5.41) is 2.49. The highest BCUT2D eigenvalue weighted by Crippen LogP contribution is 2.25. The molecule has 0 saturated heterocycles. The van der Waals surface area contributed by atoms with E-state index in [4.69, 9.17) is 4.74 Å². The fourth-order valence-electron chi connectivity index (χ4n) is 1.36. The molecule has 0 saturated carbocycles. The van der Waals surface area contributed by atoms with Crippen LogP contribution in [0.25, 0.3) is 0 Å². The predicted octanol–water partition coefficient (Wildman–Crippen LogP) is 4.08. The number of ether oxygens (including phenoxy) is 2. The lowest BCUT2D eigenvalue weighted by Gasteiger charge is -2.20. The quantitative estimate of drug-likeness (QED) is 0.889. The second kappa shape index (κ2) is 6.88. The van der Waals surface area contributed by atoms with E-state index in [1.807, 2.05) is 0 Å². The van der Waals surface area contributed by atoms with E-state index in [2.05, 4.69) is 26.0 Å². The summed E-state index contributed by atoms with van der Waals surface area (Å²) in [4.78, 5) is 11.5. The lowest BCUT2D eigenvalue weighted by molar-refractivity contribution is -0.0505. The van der Waals surface area contributed by atoms with Crippen LogP contribution in [-0.4, -0.2) is 18.3 Å². The Morgan fingerprint density at radius 1 is 1.40 bits per heavy atom. The van der Waals surface area contributed by atoms with Gasteiger partial charge in [0.2, 0.25) is 0 Å². The minimum atomic E-state index is -2.93. The topological polar surface area (TPSA) is 47.6 Å². The average Bonchev–Trinajstić information content (AvgIpc) is 2.24. The van der Waals surface area contributed by atoms with Gasteiger partial charge < -0.3 is 14.8 Å². The molecule has 0 radical (unpaired) electrons. The van der Waals surface area contributed by atoms with E-state index in [-0.39, 0.29) is 12.3 Å². The smallest absolute Gasteiger partial charge is 0.407 e. The summed E-state index contributed by atoms with van der Waals surface area (Å²) >= 11 is 3.17. The Labute approximate surface area is 124 Å². The molecule has 0 heterocycles. The molecule has 7 heteroatoms. The maximum absolute atomic E-state index is 12.3. The molecule has 1 rings (SSSR count). The third-order valence-corrected chi connectivity index (χ3v) is 2.56. The number of halogens is 3. The molecular weight excluding hydrogens is 336 g/mol. The molecule has 0 atom stereocenters. The van der Waals surface area contributed by atoms with Crippen molar-refractivity contribution in [2.45, 2.75) is 39.5 Å². The van der Waals surface area contributed by atoms with Gasteiger partial charge in [0, 0.05) is 16.6 Å². The number of alkyl carbamates (subject to hydrolysis) is 1. The fourth-order valence-corrected chi connectivity index (χ4v) is 1.70. The van der Waals surface area contributed by atoms with Crippen molar-refractivity contribution in [1.82, 2.24) is 5.32 Å². The minimum absolute atomic E-state index is 0.00503. The Morgan fingerprint density at radius 2 is 2.05 bits per heavy atom. The van der Waals surface area contributed by atoms with Gasteiger partial charge in [-0.3, -0.25) is 0 Å². The Balaban J connectivity index is 2.70. The number of benzene rings is 1. The van der Waals surface area contributed by atoms with Crippen LogP contribution in [0, 0.1) is 0 Å². The summed E-state index contributed by atoms with van der Waals surface area (Å²) < 4.78 is 34.7. The third-order valence-electron chi connectivity index (χ3n) is 2.07. The molecule has 0 fully saturated rings. The second-order valence-corrected chi connectivity index (χ2v) is 5.90. The molecule has 1 N–H and O–H groups in total. The number of amides is 1. The van der Waals surface area contributed by atoms with E-state index in [0.717, 1.165) is 0 Å². The highest BCUT2D eigenvalue weighted by Gasteiger charge is 2.17. The number of hydrogen-bond donors (Lipinski definition) is 1. The minimum Gasteiger partial charge on any atom is -0.444 e. The average molecular weight is 352 g/mol. The number of carbonyl (C=O) groups excluding carboxylic acids is 1. The zero-order valence-corrected chi connectivity index (χ0v) is 13.0. The summed E-state index contributed by atoms with van der Waals surface area (Å²) in [6.45, 7) is 2.31. The van der Waals surface area contributed by atoms with Gasteiger partial charge in [-0.15, -0.1) is 0 Å². The first-order valence-corrected chi connectivity index (χ1v) is 6.67. The molecule has 4 nitrogen and oxygen atoms in total. The molecule has 1 aromatic carbocycles. The predicted molar refractivity (Wildman–Crippen MR) is 73.8 cm³/mol. The van der Waals surface area contributed by atoms with Crippen molar-refractivity contribution in [1.29, 1.82) is 0 Å². The molecule has 0 aliphatic heterocycles. The normalized spacial score (nSPS) is 11.3. The van der Waals surface area contributed by atoms with Gasteiger partial charge in [-0.05, 0) is 32.9 Å². The monoisotopic (exact) mass is 351 g/mol. The van der Waals surface area contributed by atoms with Crippen LogP contribution in [0.1, 0.15) is 26.3 Å². The van der Waals surface area contributed by atoms with Crippen molar-refractivity contribution < 1.29 is 23.0 Å². The van der Waals surface area contributed by atoms with Gasteiger partial charge in [0.1, 0.15) is 11.4 Å². The van der Waals surface area contributed by atoms with Crippen molar-refractivity contribution in [3.05, 3.63) is 28.2 Å². The van der Waals surface area contributed by atoms with Crippen LogP contribution in [0.15, 0.2) is 22.7 Å². The van der Waals surface area contributed by atoms with Gasteiger partial charge in [0.05, 0.1) is 0 Å². The molecule has 0 aliphatic rings.